The van der Waals surface area contributed by atoms with Crippen LogP contribution in [0.1, 0.15) is 21.7 Å². The molecule has 6 nitrogen and oxygen atoms in total. The number of nitrogen functional groups attached to an aromatic ring is 1. The van der Waals surface area contributed by atoms with Gasteiger partial charge < -0.3 is 16.2 Å². The SMILES string of the molecule is Cc1nn(C)c(C(=O)Nc2ccc(CO)cc2)c1N. The number of amides is 1. The fourth-order valence-corrected chi connectivity index (χ4v) is 1.83. The molecule has 0 radical (unpaired) electrons. The Morgan fingerprint density at radius 3 is 2.53 bits per heavy atom. The average Bonchev–Trinajstić information content (AvgIpc) is 2.64. The van der Waals surface area contributed by atoms with Crippen LogP contribution in [0.15, 0.2) is 24.3 Å². The zero-order valence-electron chi connectivity index (χ0n) is 10.8. The van der Waals surface area contributed by atoms with Gasteiger partial charge >= 0.3 is 0 Å². The topological polar surface area (TPSA) is 93.2 Å². The molecule has 100 valence electrons. The quantitative estimate of drug-likeness (QED) is 0.769. The highest BCUT2D eigenvalue weighted by molar-refractivity contribution is 6.06. The zero-order valence-corrected chi connectivity index (χ0v) is 10.8. The number of nitrogens with two attached hydrogens (primary N) is 1. The summed E-state index contributed by atoms with van der Waals surface area (Å²) >= 11 is 0. The van der Waals surface area contributed by atoms with Crippen molar-refractivity contribution in [3.63, 3.8) is 0 Å². The molecule has 0 atom stereocenters. The summed E-state index contributed by atoms with van der Waals surface area (Å²) in [6.07, 6.45) is 0. The summed E-state index contributed by atoms with van der Waals surface area (Å²) in [4.78, 5) is 12.1. The van der Waals surface area contributed by atoms with Gasteiger partial charge in [0.1, 0.15) is 5.69 Å². The normalized spacial score (nSPS) is 10.5. The van der Waals surface area contributed by atoms with Crippen molar-refractivity contribution in [3.05, 3.63) is 41.2 Å². The van der Waals surface area contributed by atoms with Gasteiger partial charge in [0.15, 0.2) is 0 Å². The lowest BCUT2D eigenvalue weighted by atomic mass is 10.2. The summed E-state index contributed by atoms with van der Waals surface area (Å²) in [5.41, 5.74) is 8.60. The summed E-state index contributed by atoms with van der Waals surface area (Å²) in [6.45, 7) is 1.73. The molecule has 0 unspecified atom stereocenters. The molecular weight excluding hydrogens is 244 g/mol. The van der Waals surface area contributed by atoms with Crippen LogP contribution >= 0.6 is 0 Å². The Bertz CT molecular complexity index is 602. The maximum Gasteiger partial charge on any atom is 0.276 e. The van der Waals surface area contributed by atoms with E-state index in [1.807, 2.05) is 0 Å². The summed E-state index contributed by atoms with van der Waals surface area (Å²) in [5.74, 6) is -0.308. The van der Waals surface area contributed by atoms with Crippen molar-refractivity contribution in [1.29, 1.82) is 0 Å². The van der Waals surface area contributed by atoms with Crippen LogP contribution in [0.4, 0.5) is 11.4 Å². The van der Waals surface area contributed by atoms with Gasteiger partial charge in [-0.2, -0.15) is 5.10 Å². The second-order valence-corrected chi connectivity index (χ2v) is 4.28. The van der Waals surface area contributed by atoms with E-state index in [0.717, 1.165) is 5.56 Å². The molecule has 0 aliphatic carbocycles. The number of carbonyl (C=O) groups is 1. The Hall–Kier alpha value is -2.34. The number of rotatable bonds is 3. The predicted octanol–water partition coefficient (Wildman–Crippen LogP) is 1.06. The van der Waals surface area contributed by atoms with Gasteiger partial charge in [0, 0.05) is 12.7 Å². The van der Waals surface area contributed by atoms with E-state index in [0.29, 0.717) is 22.8 Å². The molecule has 6 heteroatoms. The molecule has 0 saturated heterocycles. The summed E-state index contributed by atoms with van der Waals surface area (Å²) < 4.78 is 1.46. The third kappa shape index (κ3) is 2.58. The Morgan fingerprint density at radius 2 is 2.05 bits per heavy atom. The number of nitrogens with one attached hydrogen (secondary N) is 1. The molecule has 19 heavy (non-hydrogen) atoms. The molecule has 1 aromatic heterocycles. The molecular formula is C13H16N4O2. The second-order valence-electron chi connectivity index (χ2n) is 4.28. The van der Waals surface area contributed by atoms with Crippen LogP contribution in [0.3, 0.4) is 0 Å². The largest absolute Gasteiger partial charge is 0.395 e. The first-order chi connectivity index (χ1) is 9.02. The van der Waals surface area contributed by atoms with Crippen LogP contribution in [0.2, 0.25) is 0 Å². The Morgan fingerprint density at radius 1 is 1.42 bits per heavy atom. The first-order valence-corrected chi connectivity index (χ1v) is 5.83. The Labute approximate surface area is 110 Å². The van der Waals surface area contributed by atoms with Crippen molar-refractivity contribution in [2.45, 2.75) is 13.5 Å². The van der Waals surface area contributed by atoms with E-state index in [2.05, 4.69) is 10.4 Å². The molecule has 1 aromatic carbocycles. The summed E-state index contributed by atoms with van der Waals surface area (Å²) in [6, 6.07) is 6.94. The molecule has 2 aromatic rings. The average molecular weight is 260 g/mol. The highest BCUT2D eigenvalue weighted by Crippen LogP contribution is 2.17. The first kappa shape index (κ1) is 13.1. The fraction of sp³-hybridized carbons (Fsp3) is 0.231. The van der Waals surface area contributed by atoms with Crippen molar-refractivity contribution in [1.82, 2.24) is 9.78 Å². The molecule has 2 rings (SSSR count). The second kappa shape index (κ2) is 5.11. The van der Waals surface area contributed by atoms with E-state index in [-0.39, 0.29) is 12.5 Å². The fourth-order valence-electron chi connectivity index (χ4n) is 1.83. The van der Waals surface area contributed by atoms with Crippen LogP contribution in [-0.2, 0) is 13.7 Å². The lowest BCUT2D eigenvalue weighted by Crippen LogP contribution is -2.17. The van der Waals surface area contributed by atoms with E-state index in [1.165, 1.54) is 4.68 Å². The Kier molecular flexibility index (Phi) is 3.52. The number of aryl methyl sites for hydroxylation is 2. The standard InChI is InChI=1S/C13H16N4O2/c1-8-11(14)12(17(2)16-8)13(19)15-10-5-3-9(7-18)4-6-10/h3-6,18H,7,14H2,1-2H3,(H,15,19). The Balaban J connectivity index is 2.20. The summed E-state index contributed by atoms with van der Waals surface area (Å²) in [7, 11) is 1.67. The molecule has 1 heterocycles. The van der Waals surface area contributed by atoms with Gasteiger partial charge in [-0.1, -0.05) is 12.1 Å². The number of carbonyl (C=O) groups excluding carboxylic acids is 1. The van der Waals surface area contributed by atoms with E-state index >= 15 is 0 Å². The monoisotopic (exact) mass is 260 g/mol. The van der Waals surface area contributed by atoms with E-state index in [4.69, 9.17) is 10.8 Å². The highest BCUT2D eigenvalue weighted by Gasteiger charge is 2.17. The van der Waals surface area contributed by atoms with Gasteiger partial charge in [0.25, 0.3) is 5.91 Å². The molecule has 0 fully saturated rings. The van der Waals surface area contributed by atoms with Crippen molar-refractivity contribution < 1.29 is 9.90 Å². The van der Waals surface area contributed by atoms with Gasteiger partial charge in [0.05, 0.1) is 18.0 Å². The number of hydrogen-bond donors (Lipinski definition) is 3. The minimum atomic E-state index is -0.308. The van der Waals surface area contributed by atoms with Crippen LogP contribution in [0.25, 0.3) is 0 Å². The summed E-state index contributed by atoms with van der Waals surface area (Å²) in [5, 5.41) is 15.8. The van der Waals surface area contributed by atoms with Gasteiger partial charge in [-0.05, 0) is 24.6 Å². The van der Waals surface area contributed by atoms with E-state index in [1.54, 1.807) is 38.2 Å². The molecule has 0 spiro atoms. The van der Waals surface area contributed by atoms with Crippen molar-refractivity contribution in [2.75, 3.05) is 11.1 Å². The van der Waals surface area contributed by atoms with Gasteiger partial charge in [-0.15, -0.1) is 0 Å². The number of nitrogens with zero attached hydrogens (tertiary/aromatic N) is 2. The maximum atomic E-state index is 12.1. The van der Waals surface area contributed by atoms with Gasteiger partial charge in [0.2, 0.25) is 0 Å². The zero-order chi connectivity index (χ0) is 14.0. The molecule has 0 aliphatic rings. The molecule has 4 N–H and O–H groups in total. The molecule has 0 aliphatic heterocycles. The van der Waals surface area contributed by atoms with Crippen molar-refractivity contribution >= 4 is 17.3 Å². The number of aromatic nitrogens is 2. The molecule has 0 saturated carbocycles. The van der Waals surface area contributed by atoms with Crippen molar-refractivity contribution in [2.24, 2.45) is 7.05 Å². The highest BCUT2D eigenvalue weighted by atomic mass is 16.3. The third-order valence-corrected chi connectivity index (χ3v) is 2.88. The lowest BCUT2D eigenvalue weighted by molar-refractivity contribution is 0.101. The van der Waals surface area contributed by atoms with Crippen LogP contribution in [0.5, 0.6) is 0 Å². The van der Waals surface area contributed by atoms with E-state index in [9.17, 15) is 4.79 Å². The number of hydrogen-bond acceptors (Lipinski definition) is 4. The number of benzene rings is 1. The lowest BCUT2D eigenvalue weighted by Gasteiger charge is -2.07. The molecule has 1 amide bonds. The maximum absolute atomic E-state index is 12.1. The minimum Gasteiger partial charge on any atom is -0.395 e. The van der Waals surface area contributed by atoms with E-state index < -0.39 is 0 Å². The van der Waals surface area contributed by atoms with Crippen molar-refractivity contribution in [3.8, 4) is 0 Å². The van der Waals surface area contributed by atoms with Crippen LogP contribution in [-0.4, -0.2) is 20.8 Å². The van der Waals surface area contributed by atoms with Crippen LogP contribution < -0.4 is 11.1 Å². The predicted molar refractivity (Wildman–Crippen MR) is 72.7 cm³/mol. The molecule has 0 bridgehead atoms. The smallest absolute Gasteiger partial charge is 0.276 e. The number of aliphatic hydroxyl groups is 1. The van der Waals surface area contributed by atoms with Gasteiger partial charge in [-0.3, -0.25) is 9.48 Å². The first-order valence-electron chi connectivity index (χ1n) is 5.83. The third-order valence-electron chi connectivity index (χ3n) is 2.88. The van der Waals surface area contributed by atoms with Crippen LogP contribution in [0, 0.1) is 6.92 Å². The number of aliphatic hydroxyl groups excluding tert-OH is 1. The number of anilines is 2. The van der Waals surface area contributed by atoms with Gasteiger partial charge in [-0.25, -0.2) is 0 Å². The minimum absolute atomic E-state index is 0.0257.